The zero-order valence-electron chi connectivity index (χ0n) is 13.9. The summed E-state index contributed by atoms with van der Waals surface area (Å²) in [6.45, 7) is 4.01. The first-order valence-electron chi connectivity index (χ1n) is 8.28. The smallest absolute Gasteiger partial charge is 0.246 e. The summed E-state index contributed by atoms with van der Waals surface area (Å²) in [4.78, 5) is 14.2. The lowest BCUT2D eigenvalue weighted by molar-refractivity contribution is -0.127. The van der Waals surface area contributed by atoms with Crippen molar-refractivity contribution < 1.29 is 9.53 Å². The van der Waals surface area contributed by atoms with Crippen LogP contribution in [0.15, 0.2) is 30.3 Å². The topological polar surface area (TPSA) is 29.5 Å². The fraction of sp³-hybridized carbons (Fsp3) is 0.526. The van der Waals surface area contributed by atoms with Crippen molar-refractivity contribution in [3.8, 4) is 5.75 Å². The van der Waals surface area contributed by atoms with E-state index < -0.39 is 0 Å². The number of carbonyl (C=O) groups excluding carboxylic acids is 1. The average molecular weight is 301 g/mol. The summed E-state index contributed by atoms with van der Waals surface area (Å²) in [5.41, 5.74) is 0.989. The van der Waals surface area contributed by atoms with Crippen molar-refractivity contribution in [1.29, 1.82) is 0 Å². The molecule has 0 atom stereocenters. The van der Waals surface area contributed by atoms with Crippen LogP contribution in [0.4, 0.5) is 0 Å². The Morgan fingerprint density at radius 3 is 2.68 bits per heavy atom. The highest BCUT2D eigenvalue weighted by atomic mass is 16.5. The fourth-order valence-electron chi connectivity index (χ4n) is 2.90. The van der Waals surface area contributed by atoms with Gasteiger partial charge in [-0.3, -0.25) is 4.79 Å². The summed E-state index contributed by atoms with van der Waals surface area (Å²) in [6.07, 6.45) is 9.73. The third-order valence-electron chi connectivity index (χ3n) is 4.12. The molecule has 3 heteroatoms. The van der Waals surface area contributed by atoms with E-state index in [2.05, 4.69) is 0 Å². The molecular formula is C19H27NO2. The predicted octanol–water partition coefficient (Wildman–Crippen LogP) is 4.28. The van der Waals surface area contributed by atoms with Crippen LogP contribution in [0, 0.1) is 0 Å². The minimum Gasteiger partial charge on any atom is -0.491 e. The van der Waals surface area contributed by atoms with E-state index in [1.807, 2.05) is 56.1 Å². The van der Waals surface area contributed by atoms with Crippen LogP contribution in [0.3, 0.4) is 0 Å². The molecule has 22 heavy (non-hydrogen) atoms. The Balaban J connectivity index is 1.96. The molecule has 1 aromatic rings. The average Bonchev–Trinajstić information content (AvgIpc) is 2.52. The molecule has 120 valence electrons. The van der Waals surface area contributed by atoms with Gasteiger partial charge in [0, 0.05) is 19.2 Å². The molecule has 0 radical (unpaired) electrons. The summed E-state index contributed by atoms with van der Waals surface area (Å²) in [7, 11) is 1.92. The summed E-state index contributed by atoms with van der Waals surface area (Å²) in [5, 5.41) is 0. The summed E-state index contributed by atoms with van der Waals surface area (Å²) >= 11 is 0. The van der Waals surface area contributed by atoms with Gasteiger partial charge in [-0.15, -0.1) is 0 Å². The van der Waals surface area contributed by atoms with Gasteiger partial charge in [-0.05, 0) is 50.5 Å². The normalized spacial score (nSPS) is 16.2. The lowest BCUT2D eigenvalue weighted by atomic mass is 9.94. The largest absolute Gasteiger partial charge is 0.491 e. The SMILES string of the molecule is CC(C)Oc1cccc(/C=C/C(=O)N(C)C2CCCCC2)c1. The molecule has 1 aliphatic rings. The van der Waals surface area contributed by atoms with Crippen LogP contribution >= 0.6 is 0 Å². The highest BCUT2D eigenvalue weighted by Gasteiger charge is 2.20. The Morgan fingerprint density at radius 2 is 2.00 bits per heavy atom. The highest BCUT2D eigenvalue weighted by Crippen LogP contribution is 2.22. The number of benzene rings is 1. The molecule has 0 spiro atoms. The summed E-state index contributed by atoms with van der Waals surface area (Å²) in [5.74, 6) is 0.923. The van der Waals surface area contributed by atoms with Crippen molar-refractivity contribution in [3.05, 3.63) is 35.9 Å². The van der Waals surface area contributed by atoms with Gasteiger partial charge < -0.3 is 9.64 Å². The van der Waals surface area contributed by atoms with Gasteiger partial charge in [0.25, 0.3) is 0 Å². The second kappa shape index (κ2) is 8.02. The minimum absolute atomic E-state index is 0.0853. The van der Waals surface area contributed by atoms with Gasteiger partial charge in [-0.1, -0.05) is 31.4 Å². The van der Waals surface area contributed by atoms with Crippen LogP contribution in [-0.4, -0.2) is 30.0 Å². The molecule has 0 heterocycles. The second-order valence-corrected chi connectivity index (χ2v) is 6.31. The predicted molar refractivity (Wildman–Crippen MR) is 90.9 cm³/mol. The summed E-state index contributed by atoms with van der Waals surface area (Å²) < 4.78 is 5.68. The molecule has 0 saturated heterocycles. The molecule has 0 N–H and O–H groups in total. The van der Waals surface area contributed by atoms with Gasteiger partial charge >= 0.3 is 0 Å². The number of amides is 1. The molecular weight excluding hydrogens is 274 g/mol. The van der Waals surface area contributed by atoms with Crippen molar-refractivity contribution in [2.24, 2.45) is 0 Å². The maximum absolute atomic E-state index is 12.3. The monoisotopic (exact) mass is 301 g/mol. The molecule has 0 unspecified atom stereocenters. The molecule has 1 fully saturated rings. The third kappa shape index (κ3) is 4.90. The van der Waals surface area contributed by atoms with Gasteiger partial charge in [0.1, 0.15) is 5.75 Å². The van der Waals surface area contributed by atoms with Crippen LogP contribution in [0.2, 0.25) is 0 Å². The van der Waals surface area contributed by atoms with Crippen molar-refractivity contribution in [1.82, 2.24) is 4.90 Å². The van der Waals surface area contributed by atoms with E-state index in [9.17, 15) is 4.79 Å². The second-order valence-electron chi connectivity index (χ2n) is 6.31. The van der Waals surface area contributed by atoms with E-state index in [4.69, 9.17) is 4.74 Å². The number of hydrogen-bond donors (Lipinski definition) is 0. The molecule has 0 bridgehead atoms. The van der Waals surface area contributed by atoms with Gasteiger partial charge in [-0.25, -0.2) is 0 Å². The Morgan fingerprint density at radius 1 is 1.27 bits per heavy atom. The standard InChI is InChI=1S/C19H27NO2/c1-15(2)22-18-11-7-8-16(14-18)12-13-19(21)20(3)17-9-5-4-6-10-17/h7-8,11-15,17H,4-6,9-10H2,1-3H3/b13-12+. The van der Waals surface area contributed by atoms with E-state index in [1.54, 1.807) is 6.08 Å². The number of likely N-dealkylation sites (N-methyl/N-ethyl adjacent to an activating group) is 1. The quantitative estimate of drug-likeness (QED) is 0.760. The molecule has 0 aliphatic heterocycles. The number of nitrogens with zero attached hydrogens (tertiary/aromatic N) is 1. The van der Waals surface area contributed by atoms with Crippen molar-refractivity contribution in [2.45, 2.75) is 58.1 Å². The zero-order valence-corrected chi connectivity index (χ0v) is 13.9. The molecule has 1 amide bonds. The fourth-order valence-corrected chi connectivity index (χ4v) is 2.90. The maximum Gasteiger partial charge on any atom is 0.246 e. The van der Waals surface area contributed by atoms with E-state index in [-0.39, 0.29) is 12.0 Å². The molecule has 1 saturated carbocycles. The van der Waals surface area contributed by atoms with Crippen molar-refractivity contribution >= 4 is 12.0 Å². The van der Waals surface area contributed by atoms with Crippen LogP contribution < -0.4 is 4.74 Å². The molecule has 0 aromatic heterocycles. The first-order chi connectivity index (χ1) is 10.6. The van der Waals surface area contributed by atoms with Crippen LogP contribution in [0.5, 0.6) is 5.75 Å². The van der Waals surface area contributed by atoms with Gasteiger partial charge in [0.05, 0.1) is 6.10 Å². The first-order valence-corrected chi connectivity index (χ1v) is 8.28. The lowest BCUT2D eigenvalue weighted by Crippen LogP contribution is -2.37. The van der Waals surface area contributed by atoms with Gasteiger partial charge in [-0.2, -0.15) is 0 Å². The van der Waals surface area contributed by atoms with Crippen LogP contribution in [0.25, 0.3) is 6.08 Å². The maximum atomic E-state index is 12.3. The molecule has 2 rings (SSSR count). The van der Waals surface area contributed by atoms with E-state index in [0.29, 0.717) is 6.04 Å². The number of ether oxygens (including phenoxy) is 1. The van der Waals surface area contributed by atoms with Gasteiger partial charge in [0.2, 0.25) is 5.91 Å². The third-order valence-corrected chi connectivity index (χ3v) is 4.12. The lowest BCUT2D eigenvalue weighted by Gasteiger charge is -2.30. The number of hydrogen-bond acceptors (Lipinski definition) is 2. The highest BCUT2D eigenvalue weighted by molar-refractivity contribution is 5.91. The molecule has 3 nitrogen and oxygen atoms in total. The van der Waals surface area contributed by atoms with Crippen LogP contribution in [-0.2, 0) is 4.79 Å². The molecule has 1 aliphatic carbocycles. The zero-order chi connectivity index (χ0) is 15.9. The Kier molecular flexibility index (Phi) is 6.05. The Labute approximate surface area is 134 Å². The number of rotatable bonds is 5. The van der Waals surface area contributed by atoms with Crippen LogP contribution in [0.1, 0.15) is 51.5 Å². The van der Waals surface area contributed by atoms with Gasteiger partial charge in [0.15, 0.2) is 0 Å². The Bertz CT molecular complexity index is 516. The first kappa shape index (κ1) is 16.6. The minimum atomic E-state index is 0.0853. The van der Waals surface area contributed by atoms with E-state index in [0.717, 1.165) is 24.2 Å². The number of carbonyl (C=O) groups is 1. The van der Waals surface area contributed by atoms with E-state index >= 15 is 0 Å². The van der Waals surface area contributed by atoms with Crippen molar-refractivity contribution in [2.75, 3.05) is 7.05 Å². The van der Waals surface area contributed by atoms with E-state index in [1.165, 1.54) is 19.3 Å². The molecule has 1 aromatic carbocycles. The Hall–Kier alpha value is -1.77. The summed E-state index contributed by atoms with van der Waals surface area (Å²) in [6, 6.07) is 8.24. The van der Waals surface area contributed by atoms with Crippen molar-refractivity contribution in [3.63, 3.8) is 0 Å².